The number of benzene rings is 1. The summed E-state index contributed by atoms with van der Waals surface area (Å²) in [5.74, 6) is 1.24. The van der Waals surface area contributed by atoms with E-state index in [9.17, 15) is 10.1 Å². The molecular weight excluding hydrogens is 316 g/mol. The maximum Gasteiger partial charge on any atom is 0.260 e. The summed E-state index contributed by atoms with van der Waals surface area (Å²) in [6.45, 7) is 3.17. The number of nitriles is 1. The molecule has 0 spiro atoms. The van der Waals surface area contributed by atoms with Crippen LogP contribution in [0.15, 0.2) is 42.5 Å². The number of nitrogens with one attached hydrogen (secondary N) is 1. The number of carbonyl (C=O) groups excluding carboxylic acids is 1. The van der Waals surface area contributed by atoms with Crippen LogP contribution >= 0.6 is 0 Å². The van der Waals surface area contributed by atoms with Crippen LogP contribution < -0.4 is 10.1 Å². The summed E-state index contributed by atoms with van der Waals surface area (Å²) in [6, 6.07) is 15.1. The van der Waals surface area contributed by atoms with Crippen LogP contribution in [-0.2, 0) is 4.79 Å². The number of anilines is 1. The number of pyridine rings is 1. The number of amides is 1. The molecule has 6 heteroatoms. The molecule has 6 nitrogen and oxygen atoms in total. The normalized spacial score (nSPS) is 16.3. The van der Waals surface area contributed by atoms with Crippen LogP contribution in [0.3, 0.4) is 0 Å². The fourth-order valence-electron chi connectivity index (χ4n) is 2.81. The number of hydrogen-bond donors (Lipinski definition) is 1. The Morgan fingerprint density at radius 3 is 2.92 bits per heavy atom. The summed E-state index contributed by atoms with van der Waals surface area (Å²) in [7, 11) is 0. The number of aryl methyl sites for hydroxylation is 1. The van der Waals surface area contributed by atoms with Crippen molar-refractivity contribution in [1.29, 1.82) is 5.26 Å². The lowest BCUT2D eigenvalue weighted by Gasteiger charge is -2.18. The van der Waals surface area contributed by atoms with E-state index in [0.717, 1.165) is 12.1 Å². The number of rotatable bonds is 5. The summed E-state index contributed by atoms with van der Waals surface area (Å²) in [5, 5.41) is 12.5. The standard InChI is InChI=1S/C19H20N4O2/c1-14-7-8-15(11-20)19(21-14)22-16-9-10-23(12-16)18(24)13-25-17-5-3-2-4-6-17/h2-8,16H,9-10,12-13H2,1H3,(H,21,22)/t16-/m0/s1. The highest BCUT2D eigenvalue weighted by molar-refractivity contribution is 5.78. The van der Waals surface area contributed by atoms with E-state index in [1.807, 2.05) is 43.3 Å². The van der Waals surface area contributed by atoms with Crippen LogP contribution in [-0.4, -0.2) is 41.5 Å². The predicted molar refractivity (Wildman–Crippen MR) is 94.2 cm³/mol. The molecule has 1 aliphatic heterocycles. The van der Waals surface area contributed by atoms with Gasteiger partial charge < -0.3 is 15.0 Å². The molecule has 0 unspecified atom stereocenters. The first-order chi connectivity index (χ1) is 12.2. The first-order valence-electron chi connectivity index (χ1n) is 8.25. The van der Waals surface area contributed by atoms with Crippen molar-refractivity contribution in [3.63, 3.8) is 0 Å². The van der Waals surface area contributed by atoms with Gasteiger partial charge in [0.1, 0.15) is 17.6 Å². The number of ether oxygens (including phenoxy) is 1. The monoisotopic (exact) mass is 336 g/mol. The van der Waals surface area contributed by atoms with Crippen molar-refractivity contribution in [2.45, 2.75) is 19.4 Å². The first-order valence-corrected chi connectivity index (χ1v) is 8.25. The molecule has 1 fully saturated rings. The van der Waals surface area contributed by atoms with Crippen LogP contribution in [0.2, 0.25) is 0 Å². The maximum absolute atomic E-state index is 12.3. The minimum absolute atomic E-state index is 0.0306. The molecule has 1 saturated heterocycles. The summed E-state index contributed by atoms with van der Waals surface area (Å²) in [4.78, 5) is 18.5. The van der Waals surface area contributed by atoms with E-state index in [1.54, 1.807) is 11.0 Å². The number of carbonyl (C=O) groups is 1. The Hall–Kier alpha value is -3.07. The molecule has 25 heavy (non-hydrogen) atoms. The van der Waals surface area contributed by atoms with Crippen molar-refractivity contribution in [3.8, 4) is 11.8 Å². The Labute approximate surface area is 147 Å². The predicted octanol–water partition coefficient (Wildman–Crippen LogP) is 2.35. The smallest absolute Gasteiger partial charge is 0.260 e. The van der Waals surface area contributed by atoms with Gasteiger partial charge in [-0.1, -0.05) is 18.2 Å². The molecule has 3 rings (SSSR count). The third-order valence-corrected chi connectivity index (χ3v) is 4.14. The van der Waals surface area contributed by atoms with Gasteiger partial charge >= 0.3 is 0 Å². The highest BCUT2D eigenvalue weighted by Gasteiger charge is 2.27. The van der Waals surface area contributed by atoms with Crippen LogP contribution in [0.25, 0.3) is 0 Å². The second-order valence-electron chi connectivity index (χ2n) is 6.03. The van der Waals surface area contributed by atoms with Crippen molar-refractivity contribution in [2.24, 2.45) is 0 Å². The van der Waals surface area contributed by atoms with Crippen LogP contribution in [0.1, 0.15) is 17.7 Å². The Morgan fingerprint density at radius 2 is 2.16 bits per heavy atom. The summed E-state index contributed by atoms with van der Waals surface area (Å²) in [5.41, 5.74) is 1.37. The van der Waals surface area contributed by atoms with Crippen LogP contribution in [0, 0.1) is 18.3 Å². The molecule has 1 amide bonds. The van der Waals surface area contributed by atoms with Gasteiger partial charge in [-0.05, 0) is 37.6 Å². The quantitative estimate of drug-likeness (QED) is 0.907. The van der Waals surface area contributed by atoms with Crippen LogP contribution in [0.5, 0.6) is 5.75 Å². The van der Waals surface area contributed by atoms with E-state index in [1.165, 1.54) is 0 Å². The Kier molecular flexibility index (Phi) is 5.14. The average Bonchev–Trinajstić information content (AvgIpc) is 3.09. The molecule has 1 atom stereocenters. The van der Waals surface area contributed by atoms with Gasteiger partial charge in [0.15, 0.2) is 6.61 Å². The number of aromatic nitrogens is 1. The molecule has 2 aromatic rings. The topological polar surface area (TPSA) is 78.2 Å². The zero-order valence-electron chi connectivity index (χ0n) is 14.1. The molecule has 1 aromatic carbocycles. The number of nitrogens with zero attached hydrogens (tertiary/aromatic N) is 3. The SMILES string of the molecule is Cc1ccc(C#N)c(N[C@H]2CCN(C(=O)COc3ccccc3)C2)n1. The Balaban J connectivity index is 1.54. The Bertz CT molecular complexity index is 786. The molecule has 1 aromatic heterocycles. The lowest BCUT2D eigenvalue weighted by molar-refractivity contribution is -0.132. The van der Waals surface area contributed by atoms with E-state index < -0.39 is 0 Å². The molecule has 1 N–H and O–H groups in total. The first kappa shape index (κ1) is 16.8. The van der Waals surface area contributed by atoms with Gasteiger partial charge in [-0.15, -0.1) is 0 Å². The lowest BCUT2D eigenvalue weighted by atomic mass is 10.2. The van der Waals surface area contributed by atoms with Crippen molar-refractivity contribution in [1.82, 2.24) is 9.88 Å². The van der Waals surface area contributed by atoms with Gasteiger partial charge in [-0.2, -0.15) is 5.26 Å². The Morgan fingerprint density at radius 1 is 1.36 bits per heavy atom. The van der Waals surface area contributed by atoms with Crippen molar-refractivity contribution in [3.05, 3.63) is 53.7 Å². The highest BCUT2D eigenvalue weighted by Crippen LogP contribution is 2.18. The van der Waals surface area contributed by atoms with E-state index >= 15 is 0 Å². The third kappa shape index (κ3) is 4.27. The molecule has 128 valence electrons. The summed E-state index contributed by atoms with van der Waals surface area (Å²) in [6.07, 6.45) is 0.817. The molecule has 2 heterocycles. The zero-order chi connectivity index (χ0) is 17.6. The van der Waals surface area contributed by atoms with E-state index in [2.05, 4.69) is 16.4 Å². The van der Waals surface area contributed by atoms with Gasteiger partial charge in [0.2, 0.25) is 0 Å². The minimum atomic E-state index is -0.0362. The molecule has 0 saturated carbocycles. The van der Waals surface area contributed by atoms with Crippen LogP contribution in [0.4, 0.5) is 5.82 Å². The van der Waals surface area contributed by atoms with Gasteiger partial charge in [-0.3, -0.25) is 4.79 Å². The second-order valence-corrected chi connectivity index (χ2v) is 6.03. The van der Waals surface area contributed by atoms with Crippen molar-refractivity contribution in [2.75, 3.05) is 25.0 Å². The highest BCUT2D eigenvalue weighted by atomic mass is 16.5. The number of para-hydroxylation sites is 1. The maximum atomic E-state index is 12.3. The fourth-order valence-corrected chi connectivity index (χ4v) is 2.81. The molecule has 0 radical (unpaired) electrons. The number of likely N-dealkylation sites (tertiary alicyclic amines) is 1. The summed E-state index contributed by atoms with van der Waals surface area (Å²) >= 11 is 0. The van der Waals surface area contributed by atoms with Gasteiger partial charge in [0.25, 0.3) is 5.91 Å². The molecule has 1 aliphatic rings. The number of hydrogen-bond acceptors (Lipinski definition) is 5. The van der Waals surface area contributed by atoms with Crippen molar-refractivity contribution >= 4 is 11.7 Å². The minimum Gasteiger partial charge on any atom is -0.484 e. The van der Waals surface area contributed by atoms with Gasteiger partial charge in [0, 0.05) is 24.8 Å². The lowest BCUT2D eigenvalue weighted by Crippen LogP contribution is -2.35. The van der Waals surface area contributed by atoms with E-state index in [4.69, 9.17) is 4.74 Å². The third-order valence-electron chi connectivity index (χ3n) is 4.14. The van der Waals surface area contributed by atoms with Gasteiger partial charge in [-0.25, -0.2) is 4.98 Å². The second kappa shape index (κ2) is 7.67. The fraction of sp³-hybridized carbons (Fsp3) is 0.316. The zero-order valence-corrected chi connectivity index (χ0v) is 14.1. The van der Waals surface area contributed by atoms with E-state index in [-0.39, 0.29) is 18.6 Å². The van der Waals surface area contributed by atoms with Crippen molar-refractivity contribution < 1.29 is 9.53 Å². The molecular formula is C19H20N4O2. The average molecular weight is 336 g/mol. The van der Waals surface area contributed by atoms with E-state index in [0.29, 0.717) is 30.2 Å². The molecule has 0 aliphatic carbocycles. The molecule has 0 bridgehead atoms. The summed E-state index contributed by atoms with van der Waals surface area (Å²) < 4.78 is 5.52. The largest absolute Gasteiger partial charge is 0.484 e. The van der Waals surface area contributed by atoms with Gasteiger partial charge in [0.05, 0.1) is 5.56 Å².